The number of ether oxygens (including phenoxy) is 6. The SMILES string of the molecule is NCCC(O)C(=O)NC1CC(N)C(OC2OC(CN)CC(O)C2N)C(OC2OC(CO)C(OC3OC(CN)C(O)C(O)C3N)C2O)C1O. The van der Waals surface area contributed by atoms with Crippen LogP contribution < -0.4 is 39.7 Å². The Morgan fingerprint density at radius 3 is 2.00 bits per heavy atom. The molecule has 4 aliphatic rings. The summed E-state index contributed by atoms with van der Waals surface area (Å²) in [5.74, 6) is -0.820. The predicted molar refractivity (Wildman–Crippen MR) is 161 cm³/mol. The first-order chi connectivity index (χ1) is 22.8. The van der Waals surface area contributed by atoms with Crippen LogP contribution in [0.1, 0.15) is 19.3 Å². The Morgan fingerprint density at radius 1 is 0.750 bits per heavy atom. The molecule has 0 spiro atoms. The Balaban J connectivity index is 1.56. The van der Waals surface area contributed by atoms with Gasteiger partial charge >= 0.3 is 0 Å². The van der Waals surface area contributed by atoms with Gasteiger partial charge in [-0.25, -0.2) is 0 Å². The lowest BCUT2D eigenvalue weighted by atomic mass is 9.83. The van der Waals surface area contributed by atoms with E-state index < -0.39 is 129 Å². The van der Waals surface area contributed by atoms with E-state index in [1.165, 1.54) is 0 Å². The zero-order valence-corrected chi connectivity index (χ0v) is 26.4. The van der Waals surface area contributed by atoms with E-state index in [-0.39, 0.29) is 38.9 Å². The Labute approximate surface area is 276 Å². The number of aliphatic hydroxyl groups excluding tert-OH is 7. The number of nitrogens with two attached hydrogens (primary N) is 6. The second-order valence-electron chi connectivity index (χ2n) is 12.7. The van der Waals surface area contributed by atoms with Crippen LogP contribution in [0.3, 0.4) is 0 Å². The number of hydrogen-bond acceptors (Lipinski definition) is 20. The van der Waals surface area contributed by atoms with Crippen molar-refractivity contribution in [1.29, 1.82) is 0 Å². The van der Waals surface area contributed by atoms with Crippen molar-refractivity contribution in [1.82, 2.24) is 5.32 Å². The van der Waals surface area contributed by atoms with Crippen molar-refractivity contribution in [3.05, 3.63) is 0 Å². The van der Waals surface area contributed by atoms with Gasteiger partial charge in [-0.05, 0) is 19.4 Å². The van der Waals surface area contributed by atoms with Crippen LogP contribution in [0, 0.1) is 0 Å². The van der Waals surface area contributed by atoms with Crippen LogP contribution in [0.4, 0.5) is 0 Å². The number of hydrogen-bond donors (Lipinski definition) is 14. The van der Waals surface area contributed by atoms with Crippen molar-refractivity contribution in [2.24, 2.45) is 34.4 Å². The summed E-state index contributed by atoms with van der Waals surface area (Å²) in [6, 6.07) is -4.41. The van der Waals surface area contributed by atoms with Crippen molar-refractivity contribution < 1.29 is 69.0 Å². The lowest BCUT2D eigenvalue weighted by molar-refractivity contribution is -0.295. The van der Waals surface area contributed by atoms with Crippen LogP contribution in [0.15, 0.2) is 0 Å². The average molecular weight is 700 g/mol. The van der Waals surface area contributed by atoms with Gasteiger partial charge in [0.15, 0.2) is 18.9 Å². The zero-order valence-electron chi connectivity index (χ0n) is 26.4. The molecule has 21 heteroatoms. The molecule has 20 N–H and O–H groups in total. The van der Waals surface area contributed by atoms with E-state index in [0.29, 0.717) is 0 Å². The largest absolute Gasteiger partial charge is 0.394 e. The Bertz CT molecular complexity index is 1030. The zero-order chi connectivity index (χ0) is 35.4. The van der Waals surface area contributed by atoms with Gasteiger partial charge in [0.05, 0.1) is 36.9 Å². The highest BCUT2D eigenvalue weighted by Crippen LogP contribution is 2.34. The lowest BCUT2D eigenvalue weighted by Crippen LogP contribution is -2.67. The smallest absolute Gasteiger partial charge is 0.249 e. The highest BCUT2D eigenvalue weighted by molar-refractivity contribution is 5.80. The van der Waals surface area contributed by atoms with Gasteiger partial charge in [0.25, 0.3) is 0 Å². The summed E-state index contributed by atoms with van der Waals surface area (Å²) in [6.45, 7) is -0.813. The summed E-state index contributed by atoms with van der Waals surface area (Å²) >= 11 is 0. The van der Waals surface area contributed by atoms with Crippen molar-refractivity contribution in [2.45, 2.75) is 136 Å². The molecule has 0 aromatic rings. The van der Waals surface area contributed by atoms with Crippen LogP contribution in [0.2, 0.25) is 0 Å². The number of carbonyl (C=O) groups is 1. The first kappa shape index (κ1) is 39.5. The maximum absolute atomic E-state index is 12.6. The third-order valence-electron chi connectivity index (χ3n) is 9.27. The molecular weight excluding hydrogens is 646 g/mol. The van der Waals surface area contributed by atoms with E-state index in [9.17, 15) is 40.5 Å². The van der Waals surface area contributed by atoms with Gasteiger partial charge in [-0.3, -0.25) is 4.79 Å². The van der Waals surface area contributed by atoms with Crippen molar-refractivity contribution in [3.8, 4) is 0 Å². The molecule has 1 aliphatic carbocycles. The predicted octanol–water partition coefficient (Wildman–Crippen LogP) is -9.00. The molecule has 0 radical (unpaired) electrons. The summed E-state index contributed by atoms with van der Waals surface area (Å²) in [5, 5.41) is 76.6. The minimum absolute atomic E-state index is 0.0235. The standard InChI is InChI=1S/C27H53N7O14/c28-2-1-11(36)24(42)34-10-4-9(31)21(46-25-15(32)12(37)3-8(5-29)43-25)23(17(10)38)48-27-20(41)22(14(7-35)45-27)47-26-16(33)19(40)18(39)13(6-30)44-26/h8-23,25-27,35-41H,1-7,28-33H2,(H,34,42). The quantitative estimate of drug-likeness (QED) is 0.0848. The topological polar surface area (TPSA) is 382 Å². The highest BCUT2D eigenvalue weighted by Gasteiger charge is 2.54. The summed E-state index contributed by atoms with van der Waals surface area (Å²) in [7, 11) is 0. The summed E-state index contributed by atoms with van der Waals surface area (Å²) < 4.78 is 35.2. The molecule has 3 aliphatic heterocycles. The van der Waals surface area contributed by atoms with Crippen molar-refractivity contribution >= 4 is 5.91 Å². The fourth-order valence-electron chi connectivity index (χ4n) is 6.37. The molecule has 21 nitrogen and oxygen atoms in total. The Hall–Kier alpha value is -1.29. The van der Waals surface area contributed by atoms with Crippen LogP contribution in [-0.4, -0.2) is 184 Å². The van der Waals surface area contributed by atoms with Gasteiger partial charge in [0.2, 0.25) is 5.91 Å². The Kier molecular flexibility index (Phi) is 14.2. The van der Waals surface area contributed by atoms with Crippen molar-refractivity contribution in [2.75, 3.05) is 26.2 Å². The molecule has 4 fully saturated rings. The molecular formula is C27H53N7O14. The maximum Gasteiger partial charge on any atom is 0.249 e. The van der Waals surface area contributed by atoms with E-state index in [1.807, 2.05) is 0 Å². The lowest BCUT2D eigenvalue weighted by Gasteiger charge is -2.47. The molecule has 1 amide bonds. The first-order valence-corrected chi connectivity index (χ1v) is 16.0. The monoisotopic (exact) mass is 699 g/mol. The molecule has 0 bridgehead atoms. The molecule has 0 aromatic carbocycles. The van der Waals surface area contributed by atoms with E-state index in [2.05, 4.69) is 5.32 Å². The molecule has 19 unspecified atom stereocenters. The van der Waals surface area contributed by atoms with Gasteiger partial charge in [-0.1, -0.05) is 0 Å². The first-order valence-electron chi connectivity index (χ1n) is 16.0. The number of nitrogens with one attached hydrogen (secondary N) is 1. The summed E-state index contributed by atoms with van der Waals surface area (Å²) in [4.78, 5) is 12.6. The van der Waals surface area contributed by atoms with Gasteiger partial charge in [0.1, 0.15) is 61.0 Å². The van der Waals surface area contributed by atoms with Gasteiger partial charge < -0.3 is 104 Å². The number of rotatable bonds is 13. The summed E-state index contributed by atoms with van der Waals surface area (Å²) in [6.07, 6.45) is -19.9. The third-order valence-corrected chi connectivity index (χ3v) is 9.27. The summed E-state index contributed by atoms with van der Waals surface area (Å²) in [5.41, 5.74) is 35.5. The van der Waals surface area contributed by atoms with Crippen LogP contribution in [-0.2, 0) is 33.2 Å². The average Bonchev–Trinajstić information content (AvgIpc) is 3.36. The molecule has 48 heavy (non-hydrogen) atoms. The molecule has 1 saturated carbocycles. The second-order valence-corrected chi connectivity index (χ2v) is 12.7. The van der Waals surface area contributed by atoms with E-state index in [4.69, 9.17) is 62.8 Å². The Morgan fingerprint density at radius 2 is 1.38 bits per heavy atom. The number of carbonyl (C=O) groups excluding carboxylic acids is 1. The molecule has 0 aromatic heterocycles. The van der Waals surface area contributed by atoms with E-state index in [0.717, 1.165) is 0 Å². The van der Waals surface area contributed by atoms with Gasteiger partial charge in [-0.2, -0.15) is 0 Å². The molecule has 4 rings (SSSR count). The normalized spacial score (nSPS) is 47.5. The number of amides is 1. The van der Waals surface area contributed by atoms with Crippen LogP contribution >= 0.6 is 0 Å². The molecule has 3 heterocycles. The van der Waals surface area contributed by atoms with Gasteiger partial charge in [0, 0.05) is 25.6 Å². The van der Waals surface area contributed by atoms with Gasteiger partial charge in [-0.15, -0.1) is 0 Å². The fraction of sp³-hybridized carbons (Fsp3) is 0.963. The molecule has 3 saturated heterocycles. The molecule has 19 atom stereocenters. The highest BCUT2D eigenvalue weighted by atomic mass is 16.8. The maximum atomic E-state index is 12.6. The van der Waals surface area contributed by atoms with Crippen LogP contribution in [0.25, 0.3) is 0 Å². The van der Waals surface area contributed by atoms with E-state index in [1.54, 1.807) is 0 Å². The minimum atomic E-state index is -1.68. The minimum Gasteiger partial charge on any atom is -0.394 e. The fourth-order valence-corrected chi connectivity index (χ4v) is 6.37. The molecule has 280 valence electrons. The van der Waals surface area contributed by atoms with E-state index >= 15 is 0 Å². The second kappa shape index (κ2) is 17.3. The van der Waals surface area contributed by atoms with Crippen LogP contribution in [0.5, 0.6) is 0 Å². The third kappa shape index (κ3) is 8.59. The van der Waals surface area contributed by atoms with Crippen molar-refractivity contribution in [3.63, 3.8) is 0 Å². The number of aliphatic hydroxyl groups is 7.